The van der Waals surface area contributed by atoms with Crippen molar-refractivity contribution in [3.63, 3.8) is 0 Å². The van der Waals surface area contributed by atoms with Crippen LogP contribution >= 0.6 is 11.3 Å². The fourth-order valence-electron chi connectivity index (χ4n) is 4.59. The molecule has 0 amide bonds. The Morgan fingerprint density at radius 2 is 2.03 bits per heavy atom. The third-order valence-corrected chi connectivity index (χ3v) is 7.29. The van der Waals surface area contributed by atoms with Crippen LogP contribution in [-0.4, -0.2) is 65.7 Å². The number of benzene rings is 1. The Morgan fingerprint density at radius 1 is 1.31 bits per heavy atom. The molecule has 2 aromatic rings. The number of thiazole rings is 1. The molecule has 1 aromatic heterocycles. The molecule has 2 fully saturated rings. The van der Waals surface area contributed by atoms with Crippen molar-refractivity contribution in [3.05, 3.63) is 34.3 Å². The fourth-order valence-corrected chi connectivity index (χ4v) is 5.55. The Hall–Kier alpha value is -1.96. The van der Waals surface area contributed by atoms with Gasteiger partial charge < -0.3 is 14.7 Å². The van der Waals surface area contributed by atoms with E-state index in [2.05, 4.69) is 21.8 Å². The third kappa shape index (κ3) is 4.17. The first-order valence-corrected chi connectivity index (χ1v) is 11.1. The Morgan fingerprint density at radius 3 is 2.69 bits per heavy atom. The predicted octanol–water partition coefficient (Wildman–Crippen LogP) is 3.53. The molecule has 0 radical (unpaired) electrons. The van der Waals surface area contributed by atoms with Gasteiger partial charge in [0.1, 0.15) is 15.6 Å². The van der Waals surface area contributed by atoms with Gasteiger partial charge in [0.2, 0.25) is 0 Å². The number of aromatic nitrogens is 1. The molecule has 0 unspecified atom stereocenters. The second-order valence-electron chi connectivity index (χ2n) is 8.45. The molecule has 29 heavy (non-hydrogen) atoms. The minimum atomic E-state index is -0.323. The Balaban J connectivity index is 1.47. The Kier molecular flexibility index (Phi) is 5.64. The highest BCUT2D eigenvalue weighted by Crippen LogP contribution is 2.40. The van der Waals surface area contributed by atoms with Crippen molar-refractivity contribution < 1.29 is 14.6 Å². The number of aromatic hydroxyl groups is 1. The molecule has 2 aliphatic heterocycles. The molecule has 3 heterocycles. The van der Waals surface area contributed by atoms with Gasteiger partial charge in [-0.1, -0.05) is 0 Å². The molecule has 0 saturated carbocycles. The summed E-state index contributed by atoms with van der Waals surface area (Å²) in [6.07, 6.45) is 2.46. The zero-order valence-electron chi connectivity index (χ0n) is 17.4. The molecule has 0 atom stereocenters. The lowest BCUT2D eigenvalue weighted by Gasteiger charge is -2.53. The van der Waals surface area contributed by atoms with Crippen LogP contribution in [0.4, 0.5) is 0 Å². The third-order valence-electron chi connectivity index (χ3n) is 6.11. The van der Waals surface area contributed by atoms with Crippen LogP contribution in [0.1, 0.15) is 40.7 Å². The quantitative estimate of drug-likeness (QED) is 0.754. The largest absolute Gasteiger partial charge is 0.508 e. The van der Waals surface area contributed by atoms with Crippen molar-refractivity contribution in [2.75, 3.05) is 39.8 Å². The van der Waals surface area contributed by atoms with E-state index in [1.165, 1.54) is 37.3 Å². The number of likely N-dealkylation sites (tertiary alicyclic amines) is 2. The topological polar surface area (TPSA) is 65.9 Å². The van der Waals surface area contributed by atoms with Crippen LogP contribution in [-0.2, 0) is 11.3 Å². The minimum Gasteiger partial charge on any atom is -0.508 e. The number of ether oxygens (including phenoxy) is 1. The number of phenolic OH excluding ortho intramolecular Hbond substituents is 1. The highest BCUT2D eigenvalue weighted by Gasteiger charge is 2.42. The number of aryl methyl sites for hydroxylation is 1. The number of hydrogen-bond acceptors (Lipinski definition) is 7. The lowest BCUT2D eigenvalue weighted by molar-refractivity contribution is -0.0330. The highest BCUT2D eigenvalue weighted by molar-refractivity contribution is 7.17. The summed E-state index contributed by atoms with van der Waals surface area (Å²) >= 11 is 1.35. The standard InChI is InChI=1S/C22H29N3O3S/c1-4-28-21(27)19-15(2)23-20(29-19)16-5-6-18(26)17(11-16)12-25-9-7-22(8-10-25)13-24(3)14-22/h5-6,11,26H,4,7-10,12-14H2,1-3H3. The summed E-state index contributed by atoms with van der Waals surface area (Å²) in [6.45, 7) is 9.29. The van der Waals surface area contributed by atoms with Crippen LogP contribution in [0.3, 0.4) is 0 Å². The van der Waals surface area contributed by atoms with Crippen LogP contribution in [0, 0.1) is 12.3 Å². The average Bonchev–Trinajstić information content (AvgIpc) is 3.06. The lowest BCUT2D eigenvalue weighted by atomic mass is 9.72. The van der Waals surface area contributed by atoms with E-state index < -0.39 is 0 Å². The molecular weight excluding hydrogens is 386 g/mol. The van der Waals surface area contributed by atoms with E-state index >= 15 is 0 Å². The summed E-state index contributed by atoms with van der Waals surface area (Å²) in [5.74, 6) is -0.00653. The molecule has 0 aliphatic carbocycles. The molecule has 7 heteroatoms. The zero-order valence-corrected chi connectivity index (χ0v) is 18.2. The maximum absolute atomic E-state index is 12.1. The summed E-state index contributed by atoms with van der Waals surface area (Å²) in [5, 5.41) is 11.2. The number of nitrogens with zero attached hydrogens (tertiary/aromatic N) is 3. The molecule has 1 spiro atoms. The van der Waals surface area contributed by atoms with Gasteiger partial charge >= 0.3 is 5.97 Å². The summed E-state index contributed by atoms with van der Waals surface area (Å²) in [4.78, 5) is 22.0. The van der Waals surface area contributed by atoms with Gasteiger partial charge in [-0.25, -0.2) is 9.78 Å². The fraction of sp³-hybridized carbons (Fsp3) is 0.545. The van der Waals surface area contributed by atoms with Crippen LogP contribution in [0.15, 0.2) is 18.2 Å². The van der Waals surface area contributed by atoms with E-state index in [4.69, 9.17) is 4.74 Å². The monoisotopic (exact) mass is 415 g/mol. The number of carbonyl (C=O) groups excluding carboxylic acids is 1. The SMILES string of the molecule is CCOC(=O)c1sc(-c2ccc(O)c(CN3CCC4(CC3)CN(C)C4)c2)nc1C. The first-order valence-electron chi connectivity index (χ1n) is 10.3. The van der Waals surface area contributed by atoms with E-state index in [1.807, 2.05) is 19.1 Å². The first kappa shape index (κ1) is 20.3. The second kappa shape index (κ2) is 8.05. The van der Waals surface area contributed by atoms with Crippen LogP contribution in [0.2, 0.25) is 0 Å². The summed E-state index contributed by atoms with van der Waals surface area (Å²) in [5.41, 5.74) is 3.05. The summed E-state index contributed by atoms with van der Waals surface area (Å²) in [6, 6.07) is 5.60. The van der Waals surface area contributed by atoms with Gasteiger partial charge in [0.05, 0.1) is 12.3 Å². The van der Waals surface area contributed by atoms with Crippen LogP contribution < -0.4 is 0 Å². The van der Waals surface area contributed by atoms with Gasteiger partial charge in [0, 0.05) is 30.8 Å². The number of esters is 1. The lowest BCUT2D eigenvalue weighted by Crippen LogP contribution is -2.58. The number of piperidine rings is 1. The molecule has 4 rings (SSSR count). The molecule has 156 valence electrons. The van der Waals surface area contributed by atoms with E-state index in [-0.39, 0.29) is 5.97 Å². The predicted molar refractivity (Wildman–Crippen MR) is 114 cm³/mol. The van der Waals surface area contributed by atoms with E-state index in [0.29, 0.717) is 28.3 Å². The molecular formula is C22H29N3O3S. The maximum Gasteiger partial charge on any atom is 0.350 e. The maximum atomic E-state index is 12.1. The number of carbonyl (C=O) groups is 1. The van der Waals surface area contributed by atoms with Gasteiger partial charge in [0.15, 0.2) is 0 Å². The van der Waals surface area contributed by atoms with Crippen molar-refractivity contribution in [1.82, 2.24) is 14.8 Å². The second-order valence-corrected chi connectivity index (χ2v) is 9.45. The van der Waals surface area contributed by atoms with Crippen LogP contribution in [0.5, 0.6) is 5.75 Å². The van der Waals surface area contributed by atoms with Crippen molar-refractivity contribution in [2.24, 2.45) is 5.41 Å². The Labute approximate surface area is 176 Å². The van der Waals surface area contributed by atoms with Gasteiger partial charge in [-0.2, -0.15) is 0 Å². The molecule has 0 bridgehead atoms. The smallest absolute Gasteiger partial charge is 0.350 e. The van der Waals surface area contributed by atoms with Crippen LogP contribution in [0.25, 0.3) is 10.6 Å². The van der Waals surface area contributed by atoms with E-state index in [9.17, 15) is 9.90 Å². The van der Waals surface area contributed by atoms with Crippen molar-refractivity contribution >= 4 is 17.3 Å². The van der Waals surface area contributed by atoms with E-state index in [0.717, 1.165) is 35.8 Å². The van der Waals surface area contributed by atoms with Crippen molar-refractivity contribution in [1.29, 1.82) is 0 Å². The zero-order chi connectivity index (χ0) is 20.6. The number of hydrogen-bond donors (Lipinski definition) is 1. The van der Waals surface area contributed by atoms with Crippen molar-refractivity contribution in [2.45, 2.75) is 33.2 Å². The van der Waals surface area contributed by atoms with E-state index in [1.54, 1.807) is 13.0 Å². The summed E-state index contributed by atoms with van der Waals surface area (Å²) < 4.78 is 5.12. The number of rotatable bonds is 5. The van der Waals surface area contributed by atoms with Gasteiger partial charge in [-0.3, -0.25) is 4.90 Å². The highest BCUT2D eigenvalue weighted by atomic mass is 32.1. The van der Waals surface area contributed by atoms with Crippen molar-refractivity contribution in [3.8, 4) is 16.3 Å². The normalized spacial score (nSPS) is 19.3. The molecule has 2 aliphatic rings. The summed E-state index contributed by atoms with van der Waals surface area (Å²) in [7, 11) is 2.19. The Bertz CT molecular complexity index is 895. The molecule has 1 aromatic carbocycles. The minimum absolute atomic E-state index is 0.316. The van der Waals surface area contributed by atoms with Gasteiger partial charge in [0.25, 0.3) is 0 Å². The molecule has 2 saturated heterocycles. The molecule has 6 nitrogen and oxygen atoms in total. The first-order chi connectivity index (χ1) is 13.9. The van der Waals surface area contributed by atoms with Gasteiger partial charge in [-0.05, 0) is 70.4 Å². The number of phenols is 1. The average molecular weight is 416 g/mol. The molecule has 1 N–H and O–H groups in total. The van der Waals surface area contributed by atoms with Gasteiger partial charge in [-0.15, -0.1) is 11.3 Å².